The molecular formula is C12H12BrFN2O. The van der Waals surface area contributed by atoms with E-state index in [1.165, 1.54) is 0 Å². The first-order valence-electron chi connectivity index (χ1n) is 5.20. The van der Waals surface area contributed by atoms with E-state index in [-0.39, 0.29) is 17.6 Å². The zero-order valence-electron chi connectivity index (χ0n) is 9.50. The van der Waals surface area contributed by atoms with E-state index in [0.717, 1.165) is 5.56 Å². The quantitative estimate of drug-likeness (QED) is 0.913. The number of nitrogens with two attached hydrogens (primary N) is 1. The van der Waals surface area contributed by atoms with Gasteiger partial charge in [0.05, 0.1) is 4.47 Å². The van der Waals surface area contributed by atoms with E-state index in [4.69, 9.17) is 10.3 Å². The van der Waals surface area contributed by atoms with Crippen molar-refractivity contribution in [2.24, 2.45) is 0 Å². The summed E-state index contributed by atoms with van der Waals surface area (Å²) in [7, 11) is 0. The van der Waals surface area contributed by atoms with Gasteiger partial charge in [-0.05, 0) is 39.5 Å². The van der Waals surface area contributed by atoms with Crippen LogP contribution in [0.5, 0.6) is 0 Å². The molecule has 2 rings (SSSR count). The van der Waals surface area contributed by atoms with Crippen LogP contribution in [-0.4, -0.2) is 5.16 Å². The topological polar surface area (TPSA) is 52.0 Å². The molecule has 0 amide bonds. The third-order valence-electron chi connectivity index (χ3n) is 2.50. The standard InChI is InChI=1S/C12H12BrFN2O/c1-6(2)8-3-7(4-9(13)12(8)14)10-5-11(15)17-16-10/h3-6H,15H2,1-2H3. The van der Waals surface area contributed by atoms with Gasteiger partial charge in [0.1, 0.15) is 11.5 Å². The van der Waals surface area contributed by atoms with Crippen molar-refractivity contribution in [1.82, 2.24) is 5.16 Å². The molecule has 0 atom stereocenters. The van der Waals surface area contributed by atoms with Gasteiger partial charge < -0.3 is 10.3 Å². The fourth-order valence-corrected chi connectivity index (χ4v) is 2.08. The normalized spacial score (nSPS) is 11.1. The third-order valence-corrected chi connectivity index (χ3v) is 3.08. The van der Waals surface area contributed by atoms with Crippen LogP contribution in [0.3, 0.4) is 0 Å². The molecule has 0 fully saturated rings. The van der Waals surface area contributed by atoms with Gasteiger partial charge in [-0.25, -0.2) is 4.39 Å². The minimum atomic E-state index is -0.236. The van der Waals surface area contributed by atoms with Gasteiger partial charge in [-0.15, -0.1) is 0 Å². The van der Waals surface area contributed by atoms with Gasteiger partial charge >= 0.3 is 0 Å². The molecule has 3 nitrogen and oxygen atoms in total. The minimum absolute atomic E-state index is 0.0931. The van der Waals surface area contributed by atoms with E-state index in [2.05, 4.69) is 21.1 Å². The van der Waals surface area contributed by atoms with Gasteiger partial charge in [-0.2, -0.15) is 0 Å². The monoisotopic (exact) mass is 298 g/mol. The molecule has 0 radical (unpaired) electrons. The first-order chi connectivity index (χ1) is 7.99. The molecule has 0 spiro atoms. The van der Waals surface area contributed by atoms with E-state index in [1.807, 2.05) is 13.8 Å². The first-order valence-corrected chi connectivity index (χ1v) is 6.00. The average molecular weight is 299 g/mol. The van der Waals surface area contributed by atoms with Crippen LogP contribution < -0.4 is 5.73 Å². The summed E-state index contributed by atoms with van der Waals surface area (Å²) in [5.41, 5.74) is 7.48. The molecule has 0 unspecified atom stereocenters. The van der Waals surface area contributed by atoms with E-state index in [0.29, 0.717) is 15.7 Å². The Kier molecular flexibility index (Phi) is 3.19. The summed E-state index contributed by atoms with van der Waals surface area (Å²) in [6, 6.07) is 5.05. The van der Waals surface area contributed by atoms with Crippen molar-refractivity contribution in [2.45, 2.75) is 19.8 Å². The van der Waals surface area contributed by atoms with Crippen molar-refractivity contribution in [3.8, 4) is 11.3 Å². The Morgan fingerprint density at radius 1 is 1.35 bits per heavy atom. The Morgan fingerprint density at radius 2 is 2.06 bits per heavy atom. The van der Waals surface area contributed by atoms with Crippen LogP contribution in [0.15, 0.2) is 27.2 Å². The predicted octanol–water partition coefficient (Wildman–Crippen LogP) is 3.95. The molecular weight excluding hydrogens is 287 g/mol. The highest BCUT2D eigenvalue weighted by molar-refractivity contribution is 9.10. The van der Waals surface area contributed by atoms with E-state index in [1.54, 1.807) is 18.2 Å². The first kappa shape index (κ1) is 12.1. The van der Waals surface area contributed by atoms with Gasteiger partial charge in [-0.3, -0.25) is 0 Å². The molecule has 0 saturated heterocycles. The van der Waals surface area contributed by atoms with E-state index < -0.39 is 0 Å². The van der Waals surface area contributed by atoms with Crippen LogP contribution in [0.4, 0.5) is 10.3 Å². The lowest BCUT2D eigenvalue weighted by Crippen LogP contribution is -1.95. The Morgan fingerprint density at radius 3 is 2.59 bits per heavy atom. The maximum absolute atomic E-state index is 13.8. The fraction of sp³-hybridized carbons (Fsp3) is 0.250. The Bertz CT molecular complexity index is 551. The Hall–Kier alpha value is -1.36. The van der Waals surface area contributed by atoms with Gasteiger partial charge in [0.25, 0.3) is 0 Å². The van der Waals surface area contributed by atoms with Crippen LogP contribution in [0.2, 0.25) is 0 Å². The summed E-state index contributed by atoms with van der Waals surface area (Å²) in [6.07, 6.45) is 0. The van der Waals surface area contributed by atoms with Crippen molar-refractivity contribution >= 4 is 21.8 Å². The average Bonchev–Trinajstić information content (AvgIpc) is 2.68. The number of nitrogen functional groups attached to an aromatic ring is 1. The Labute approximate surface area is 107 Å². The molecule has 2 N–H and O–H groups in total. The van der Waals surface area contributed by atoms with Crippen molar-refractivity contribution in [1.29, 1.82) is 0 Å². The highest BCUT2D eigenvalue weighted by Gasteiger charge is 2.14. The van der Waals surface area contributed by atoms with Crippen LogP contribution in [0, 0.1) is 5.82 Å². The van der Waals surface area contributed by atoms with Crippen molar-refractivity contribution < 1.29 is 8.91 Å². The number of benzene rings is 1. The lowest BCUT2D eigenvalue weighted by atomic mass is 9.99. The fourth-order valence-electron chi connectivity index (χ4n) is 1.60. The van der Waals surface area contributed by atoms with Crippen molar-refractivity contribution in [2.75, 3.05) is 5.73 Å². The molecule has 1 aromatic carbocycles. The molecule has 0 aliphatic carbocycles. The summed E-state index contributed by atoms with van der Waals surface area (Å²) < 4.78 is 19.1. The predicted molar refractivity (Wildman–Crippen MR) is 68.1 cm³/mol. The maximum atomic E-state index is 13.8. The second kappa shape index (κ2) is 4.49. The van der Waals surface area contributed by atoms with Crippen LogP contribution in [-0.2, 0) is 0 Å². The van der Waals surface area contributed by atoms with Crippen LogP contribution in [0.25, 0.3) is 11.3 Å². The molecule has 2 aromatic rings. The van der Waals surface area contributed by atoms with Gasteiger partial charge in [0.15, 0.2) is 0 Å². The van der Waals surface area contributed by atoms with E-state index in [9.17, 15) is 4.39 Å². The van der Waals surface area contributed by atoms with Gasteiger partial charge in [-0.1, -0.05) is 19.0 Å². The lowest BCUT2D eigenvalue weighted by Gasteiger charge is -2.10. The van der Waals surface area contributed by atoms with Crippen molar-refractivity contribution in [3.63, 3.8) is 0 Å². The molecule has 1 heterocycles. The lowest BCUT2D eigenvalue weighted by molar-refractivity contribution is 0.439. The van der Waals surface area contributed by atoms with Crippen LogP contribution >= 0.6 is 15.9 Å². The largest absolute Gasteiger partial charge is 0.368 e. The van der Waals surface area contributed by atoms with Gasteiger partial charge in [0.2, 0.25) is 5.88 Å². The molecule has 0 aliphatic rings. The van der Waals surface area contributed by atoms with Gasteiger partial charge in [0, 0.05) is 11.6 Å². The smallest absolute Gasteiger partial charge is 0.222 e. The molecule has 0 bridgehead atoms. The number of hydrogen-bond acceptors (Lipinski definition) is 3. The molecule has 5 heteroatoms. The highest BCUT2D eigenvalue weighted by Crippen LogP contribution is 2.31. The summed E-state index contributed by atoms with van der Waals surface area (Å²) in [5.74, 6) is 0.0993. The summed E-state index contributed by atoms with van der Waals surface area (Å²) in [5, 5.41) is 3.81. The number of aromatic nitrogens is 1. The van der Waals surface area contributed by atoms with Crippen LogP contribution in [0.1, 0.15) is 25.3 Å². The second-order valence-electron chi connectivity index (χ2n) is 4.13. The molecule has 0 aliphatic heterocycles. The number of rotatable bonds is 2. The maximum Gasteiger partial charge on any atom is 0.222 e. The summed E-state index contributed by atoms with van der Waals surface area (Å²) in [6.45, 7) is 3.87. The summed E-state index contributed by atoms with van der Waals surface area (Å²) >= 11 is 3.20. The zero-order valence-corrected chi connectivity index (χ0v) is 11.1. The molecule has 1 aromatic heterocycles. The zero-order chi connectivity index (χ0) is 12.6. The van der Waals surface area contributed by atoms with Crippen molar-refractivity contribution in [3.05, 3.63) is 34.1 Å². The number of anilines is 1. The molecule has 90 valence electrons. The van der Waals surface area contributed by atoms with E-state index >= 15 is 0 Å². The highest BCUT2D eigenvalue weighted by atomic mass is 79.9. The number of halogens is 2. The SMILES string of the molecule is CC(C)c1cc(-c2cc(N)on2)cc(Br)c1F. The molecule has 0 saturated carbocycles. The third kappa shape index (κ3) is 2.34. The number of hydrogen-bond donors (Lipinski definition) is 1. The number of nitrogens with zero attached hydrogens (tertiary/aromatic N) is 1. The second-order valence-corrected chi connectivity index (χ2v) is 4.98. The summed E-state index contributed by atoms with van der Waals surface area (Å²) in [4.78, 5) is 0. The Balaban J connectivity index is 2.56. The minimum Gasteiger partial charge on any atom is -0.368 e. The molecule has 17 heavy (non-hydrogen) atoms.